The molecule has 1 saturated heterocycles. The Morgan fingerprint density at radius 3 is 2.60 bits per heavy atom. The largest absolute Gasteiger partial charge is 0.342 e. The Morgan fingerprint density at radius 2 is 1.92 bits per heavy atom. The van der Waals surface area contributed by atoms with Gasteiger partial charge in [0.2, 0.25) is 5.91 Å². The molecule has 1 amide bonds. The van der Waals surface area contributed by atoms with E-state index in [1.807, 2.05) is 35.6 Å². The van der Waals surface area contributed by atoms with Gasteiger partial charge in [0, 0.05) is 25.7 Å². The van der Waals surface area contributed by atoms with Crippen LogP contribution in [0.5, 0.6) is 0 Å². The van der Waals surface area contributed by atoms with Crippen molar-refractivity contribution in [1.29, 1.82) is 0 Å². The van der Waals surface area contributed by atoms with Gasteiger partial charge in [0.1, 0.15) is 0 Å². The van der Waals surface area contributed by atoms with Crippen molar-refractivity contribution in [3.8, 4) is 11.4 Å². The molecule has 0 bridgehead atoms. The van der Waals surface area contributed by atoms with E-state index in [4.69, 9.17) is 0 Å². The molecular formula is C19H26N4OS. The molecule has 5 nitrogen and oxygen atoms in total. The topological polar surface area (TPSA) is 51.0 Å². The van der Waals surface area contributed by atoms with Gasteiger partial charge in [0.15, 0.2) is 11.0 Å². The maximum Gasteiger partial charge on any atom is 0.235 e. The summed E-state index contributed by atoms with van der Waals surface area (Å²) in [6.07, 6.45) is 2.20. The molecule has 6 heteroatoms. The zero-order valence-corrected chi connectivity index (χ0v) is 16.2. The van der Waals surface area contributed by atoms with Crippen molar-refractivity contribution in [1.82, 2.24) is 19.7 Å². The van der Waals surface area contributed by atoms with Gasteiger partial charge < -0.3 is 9.47 Å². The average molecular weight is 359 g/mol. The molecule has 0 aliphatic carbocycles. The zero-order chi connectivity index (χ0) is 18.0. The second kappa shape index (κ2) is 7.60. The summed E-state index contributed by atoms with van der Waals surface area (Å²) in [5.74, 6) is 1.77. The van der Waals surface area contributed by atoms with Crippen molar-refractivity contribution in [3.05, 3.63) is 29.8 Å². The molecule has 1 aliphatic rings. The number of nitrogens with zero attached hydrogens (tertiary/aromatic N) is 4. The highest BCUT2D eigenvalue weighted by atomic mass is 32.2. The van der Waals surface area contributed by atoms with Crippen LogP contribution in [-0.2, 0) is 11.8 Å². The first-order valence-corrected chi connectivity index (χ1v) is 9.76. The number of hydrogen-bond acceptors (Lipinski definition) is 4. The highest BCUT2D eigenvalue weighted by Crippen LogP contribution is 2.28. The van der Waals surface area contributed by atoms with E-state index in [2.05, 4.69) is 36.2 Å². The first-order valence-electron chi connectivity index (χ1n) is 8.88. The van der Waals surface area contributed by atoms with Crippen molar-refractivity contribution in [2.24, 2.45) is 13.0 Å². The monoisotopic (exact) mass is 358 g/mol. The smallest absolute Gasteiger partial charge is 0.235 e. The molecule has 1 atom stereocenters. The second-order valence-electron chi connectivity index (χ2n) is 6.95. The van der Waals surface area contributed by atoms with Gasteiger partial charge in [-0.15, -0.1) is 10.2 Å². The van der Waals surface area contributed by atoms with Gasteiger partial charge in [-0.3, -0.25) is 4.79 Å². The van der Waals surface area contributed by atoms with Gasteiger partial charge >= 0.3 is 0 Å². The van der Waals surface area contributed by atoms with Crippen LogP contribution in [0.2, 0.25) is 0 Å². The predicted octanol–water partition coefficient (Wildman–Crippen LogP) is 3.53. The summed E-state index contributed by atoms with van der Waals surface area (Å²) in [5, 5.41) is 9.30. The van der Waals surface area contributed by atoms with Crippen LogP contribution < -0.4 is 0 Å². The number of benzene rings is 1. The van der Waals surface area contributed by atoms with Gasteiger partial charge in [-0.2, -0.15) is 0 Å². The molecule has 0 saturated carbocycles. The maximum absolute atomic E-state index is 12.7. The van der Waals surface area contributed by atoms with Crippen LogP contribution in [0.3, 0.4) is 0 Å². The first kappa shape index (κ1) is 18.0. The predicted molar refractivity (Wildman–Crippen MR) is 101 cm³/mol. The molecule has 3 rings (SSSR count). The highest BCUT2D eigenvalue weighted by molar-refractivity contribution is 8.00. The molecule has 1 aromatic heterocycles. The summed E-state index contributed by atoms with van der Waals surface area (Å²) in [6, 6.07) is 8.15. The molecule has 1 fully saturated rings. The highest BCUT2D eigenvalue weighted by Gasteiger charge is 2.26. The quantitative estimate of drug-likeness (QED) is 0.785. The van der Waals surface area contributed by atoms with Gasteiger partial charge in [-0.25, -0.2) is 0 Å². The standard InChI is InChI=1S/C19H26N4OS/c1-13-9-11-23(12-10-13)18(24)15(3)25-19-21-20-17(22(19)4)16-8-6-5-7-14(16)2/h5-8,13,15H,9-12H2,1-4H3/t15-/m1/s1. The minimum Gasteiger partial charge on any atom is -0.342 e. The number of carbonyl (C=O) groups excluding carboxylic acids is 1. The van der Waals surface area contributed by atoms with Gasteiger partial charge in [-0.05, 0) is 38.2 Å². The lowest BCUT2D eigenvalue weighted by Crippen LogP contribution is -2.41. The molecule has 0 spiro atoms. The SMILES string of the molecule is Cc1ccccc1-c1nnc(S[C@H](C)C(=O)N2CCC(C)CC2)n1C. The van der Waals surface area contributed by atoms with Crippen LogP contribution in [0.4, 0.5) is 0 Å². The number of rotatable bonds is 4. The fourth-order valence-electron chi connectivity index (χ4n) is 3.17. The van der Waals surface area contributed by atoms with Gasteiger partial charge in [0.25, 0.3) is 0 Å². The third-order valence-corrected chi connectivity index (χ3v) is 6.07. The number of aryl methyl sites for hydroxylation is 1. The number of thioether (sulfide) groups is 1. The third kappa shape index (κ3) is 3.89. The Hall–Kier alpha value is -1.82. The number of aromatic nitrogens is 3. The molecule has 1 aliphatic heterocycles. The van der Waals surface area contributed by atoms with Crippen LogP contribution in [0.25, 0.3) is 11.4 Å². The molecule has 0 radical (unpaired) electrons. The van der Waals surface area contributed by atoms with E-state index in [1.165, 1.54) is 17.3 Å². The van der Waals surface area contributed by atoms with E-state index in [0.717, 1.165) is 48.4 Å². The summed E-state index contributed by atoms with van der Waals surface area (Å²) in [5.41, 5.74) is 2.24. The van der Waals surface area contributed by atoms with Crippen LogP contribution in [0, 0.1) is 12.8 Å². The van der Waals surface area contributed by atoms with Crippen LogP contribution in [-0.4, -0.2) is 43.9 Å². The summed E-state index contributed by atoms with van der Waals surface area (Å²) in [7, 11) is 1.96. The van der Waals surface area contributed by atoms with Crippen LogP contribution in [0.15, 0.2) is 29.4 Å². The lowest BCUT2D eigenvalue weighted by molar-refractivity contribution is -0.131. The van der Waals surface area contributed by atoms with Crippen LogP contribution in [0.1, 0.15) is 32.3 Å². The van der Waals surface area contributed by atoms with E-state index in [1.54, 1.807) is 0 Å². The van der Waals surface area contributed by atoms with E-state index in [-0.39, 0.29) is 11.2 Å². The molecule has 2 heterocycles. The summed E-state index contributed by atoms with van der Waals surface area (Å²) < 4.78 is 1.98. The summed E-state index contributed by atoms with van der Waals surface area (Å²) in [6.45, 7) is 8.04. The van der Waals surface area contributed by atoms with Gasteiger partial charge in [-0.1, -0.05) is 43.0 Å². The number of piperidine rings is 1. The summed E-state index contributed by atoms with van der Waals surface area (Å²) in [4.78, 5) is 14.7. The molecular weight excluding hydrogens is 332 g/mol. The van der Waals surface area contributed by atoms with Crippen molar-refractivity contribution < 1.29 is 4.79 Å². The lowest BCUT2D eigenvalue weighted by atomic mass is 9.99. The van der Waals surface area contributed by atoms with E-state index >= 15 is 0 Å². The van der Waals surface area contributed by atoms with Crippen molar-refractivity contribution >= 4 is 17.7 Å². The molecule has 1 aromatic carbocycles. The fraction of sp³-hybridized carbons (Fsp3) is 0.526. The number of amides is 1. The van der Waals surface area contributed by atoms with Crippen molar-refractivity contribution in [3.63, 3.8) is 0 Å². The minimum atomic E-state index is -0.152. The number of hydrogen-bond donors (Lipinski definition) is 0. The average Bonchev–Trinajstić information content (AvgIpc) is 2.96. The van der Waals surface area contributed by atoms with E-state index < -0.39 is 0 Å². The van der Waals surface area contributed by atoms with Crippen molar-refractivity contribution in [2.45, 2.75) is 44.0 Å². The normalized spacial score (nSPS) is 16.9. The number of likely N-dealkylation sites (tertiary alicyclic amines) is 1. The van der Waals surface area contributed by atoms with E-state index in [0.29, 0.717) is 0 Å². The van der Waals surface area contributed by atoms with Gasteiger partial charge in [0.05, 0.1) is 5.25 Å². The zero-order valence-electron chi connectivity index (χ0n) is 15.4. The maximum atomic E-state index is 12.7. The Labute approximate surface area is 153 Å². The molecule has 134 valence electrons. The minimum absolute atomic E-state index is 0.152. The molecule has 2 aromatic rings. The first-order chi connectivity index (χ1) is 12.0. The molecule has 0 N–H and O–H groups in total. The molecule has 25 heavy (non-hydrogen) atoms. The van der Waals surface area contributed by atoms with E-state index in [9.17, 15) is 4.79 Å². The Balaban J connectivity index is 1.71. The van der Waals surface area contributed by atoms with Crippen molar-refractivity contribution in [2.75, 3.05) is 13.1 Å². The second-order valence-corrected chi connectivity index (χ2v) is 8.26. The Bertz CT molecular complexity index is 750. The molecule has 0 unspecified atom stereocenters. The summed E-state index contributed by atoms with van der Waals surface area (Å²) >= 11 is 1.49. The lowest BCUT2D eigenvalue weighted by Gasteiger charge is -2.31. The number of carbonyl (C=O) groups is 1. The Kier molecular flexibility index (Phi) is 5.47. The third-order valence-electron chi connectivity index (χ3n) is 4.95. The fourth-order valence-corrected chi connectivity index (χ4v) is 4.07. The Morgan fingerprint density at radius 1 is 1.24 bits per heavy atom. The van der Waals surface area contributed by atoms with Crippen LogP contribution >= 0.6 is 11.8 Å².